The lowest BCUT2D eigenvalue weighted by molar-refractivity contribution is 0.274. The van der Waals surface area contributed by atoms with Crippen LogP contribution in [0.1, 0.15) is 11.5 Å². The molecule has 0 spiro atoms. The topological polar surface area (TPSA) is 138 Å². The van der Waals surface area contributed by atoms with Crippen molar-refractivity contribution < 1.29 is 14.2 Å². The number of hydrogen-bond donors (Lipinski definition) is 2. The van der Waals surface area contributed by atoms with E-state index in [4.69, 9.17) is 10.5 Å². The molecule has 0 saturated carbocycles. The second-order valence-electron chi connectivity index (χ2n) is 7.80. The number of aromatic nitrogens is 7. The summed E-state index contributed by atoms with van der Waals surface area (Å²) in [5.41, 5.74) is 8.21. The molecule has 178 valence electrons. The number of benzene rings is 1. The van der Waals surface area contributed by atoms with Crippen molar-refractivity contribution in [3.05, 3.63) is 76.6 Å². The molecule has 5 aromatic rings. The number of anilines is 1. The molecule has 0 amide bonds. The lowest BCUT2D eigenvalue weighted by atomic mass is 10.00. The van der Waals surface area contributed by atoms with Crippen molar-refractivity contribution in [1.82, 2.24) is 33.7 Å². The van der Waals surface area contributed by atoms with Crippen molar-refractivity contribution in [2.75, 3.05) is 12.8 Å². The van der Waals surface area contributed by atoms with Crippen LogP contribution in [0.25, 0.3) is 28.0 Å². The van der Waals surface area contributed by atoms with Crippen LogP contribution >= 0.6 is 0 Å². The molecule has 0 fully saturated rings. The van der Waals surface area contributed by atoms with Gasteiger partial charge in [0.05, 0.1) is 30.7 Å². The number of ether oxygens (including phenoxy) is 1. The Labute approximate surface area is 197 Å². The summed E-state index contributed by atoms with van der Waals surface area (Å²) in [4.78, 5) is 26.3. The Morgan fingerprint density at radius 2 is 1.91 bits per heavy atom. The van der Waals surface area contributed by atoms with E-state index in [0.717, 1.165) is 0 Å². The fourth-order valence-corrected chi connectivity index (χ4v) is 3.86. The average molecular weight is 476 g/mol. The lowest BCUT2D eigenvalue weighted by Crippen LogP contribution is -2.24. The third-order valence-corrected chi connectivity index (χ3v) is 5.60. The zero-order valence-electron chi connectivity index (χ0n) is 18.9. The minimum absolute atomic E-state index is 0.0810. The summed E-state index contributed by atoms with van der Waals surface area (Å²) in [5.74, 6) is 0.382. The molecule has 0 saturated heterocycles. The molecule has 0 aliphatic rings. The first-order valence-corrected chi connectivity index (χ1v) is 10.6. The van der Waals surface area contributed by atoms with Gasteiger partial charge in [-0.2, -0.15) is 0 Å². The molecule has 35 heavy (non-hydrogen) atoms. The number of nitrogens with two attached hydrogens (primary N) is 1. The Kier molecular flexibility index (Phi) is 5.49. The van der Waals surface area contributed by atoms with E-state index in [0.29, 0.717) is 33.9 Å². The second kappa shape index (κ2) is 8.65. The number of methoxy groups -OCH3 is 1. The van der Waals surface area contributed by atoms with Crippen LogP contribution in [-0.2, 0) is 20.2 Å². The third kappa shape index (κ3) is 3.89. The molecule has 0 aliphatic heterocycles. The van der Waals surface area contributed by atoms with Gasteiger partial charge in [0.25, 0.3) is 0 Å². The monoisotopic (exact) mass is 476 g/mol. The summed E-state index contributed by atoms with van der Waals surface area (Å²) in [5, 5.41) is 14.3. The number of fused-ring (bicyclic) bond motifs is 1. The van der Waals surface area contributed by atoms with Crippen molar-refractivity contribution in [2.45, 2.75) is 13.2 Å². The highest BCUT2D eigenvalue weighted by Gasteiger charge is 2.23. The summed E-state index contributed by atoms with van der Waals surface area (Å²) in [6.07, 6.45) is 3.40. The van der Waals surface area contributed by atoms with Crippen molar-refractivity contribution in [3.8, 4) is 28.3 Å². The average Bonchev–Trinajstić information content (AvgIpc) is 3.41. The van der Waals surface area contributed by atoms with E-state index in [1.54, 1.807) is 41.2 Å². The van der Waals surface area contributed by atoms with Gasteiger partial charge in [0.1, 0.15) is 18.2 Å². The smallest absolute Gasteiger partial charge is 0.353 e. The summed E-state index contributed by atoms with van der Waals surface area (Å²) >= 11 is 0. The highest BCUT2D eigenvalue weighted by Crippen LogP contribution is 2.36. The molecular weight excluding hydrogens is 455 g/mol. The van der Waals surface area contributed by atoms with E-state index in [-0.39, 0.29) is 30.6 Å². The van der Waals surface area contributed by atoms with Crippen LogP contribution in [0, 0.1) is 5.82 Å². The third-order valence-electron chi connectivity index (χ3n) is 5.60. The summed E-state index contributed by atoms with van der Waals surface area (Å²) in [6.45, 7) is -0.231. The van der Waals surface area contributed by atoms with Crippen molar-refractivity contribution in [2.24, 2.45) is 7.05 Å². The van der Waals surface area contributed by atoms with Gasteiger partial charge >= 0.3 is 5.69 Å². The number of halogens is 1. The maximum absolute atomic E-state index is 13.7. The van der Waals surface area contributed by atoms with Crippen LogP contribution in [0.15, 0.2) is 53.6 Å². The van der Waals surface area contributed by atoms with Gasteiger partial charge in [0, 0.05) is 31.1 Å². The Hall–Kier alpha value is -4.58. The van der Waals surface area contributed by atoms with E-state index in [1.807, 2.05) is 7.05 Å². The van der Waals surface area contributed by atoms with E-state index >= 15 is 0 Å². The number of imidazole rings is 1. The molecule has 4 aromatic heterocycles. The highest BCUT2D eigenvalue weighted by atomic mass is 19.1. The fraction of sp³-hybridized carbons (Fsp3) is 0.174. The SMILES string of the molecule is COc1cc(-c2c(-c3ccc(F)cc3)nc(N)n3c(=O)n(Cc4nccn4C)nc23)cc(CO)n1. The Balaban J connectivity index is 1.84. The summed E-state index contributed by atoms with van der Waals surface area (Å²) < 4.78 is 23.2. The van der Waals surface area contributed by atoms with Crippen LogP contribution in [0.3, 0.4) is 0 Å². The maximum atomic E-state index is 13.7. The van der Waals surface area contributed by atoms with Gasteiger partial charge in [-0.3, -0.25) is 0 Å². The minimum atomic E-state index is -0.497. The largest absolute Gasteiger partial charge is 0.481 e. The van der Waals surface area contributed by atoms with E-state index in [9.17, 15) is 14.3 Å². The first-order valence-electron chi connectivity index (χ1n) is 10.6. The highest BCUT2D eigenvalue weighted by molar-refractivity contribution is 5.91. The van der Waals surface area contributed by atoms with Crippen LogP contribution in [0.2, 0.25) is 0 Å². The summed E-state index contributed by atoms with van der Waals surface area (Å²) in [7, 11) is 3.27. The normalized spacial score (nSPS) is 11.3. The number of nitrogens with zero attached hydrogens (tertiary/aromatic N) is 7. The van der Waals surface area contributed by atoms with Gasteiger partial charge in [-0.1, -0.05) is 0 Å². The number of pyridine rings is 1. The van der Waals surface area contributed by atoms with Gasteiger partial charge in [-0.25, -0.2) is 33.2 Å². The first kappa shape index (κ1) is 22.2. The molecule has 11 nitrogen and oxygen atoms in total. The number of aliphatic hydroxyl groups excluding tert-OH is 1. The second-order valence-corrected chi connectivity index (χ2v) is 7.80. The molecule has 5 rings (SSSR count). The van der Waals surface area contributed by atoms with Crippen molar-refractivity contribution in [1.29, 1.82) is 0 Å². The van der Waals surface area contributed by atoms with Gasteiger partial charge < -0.3 is 20.1 Å². The van der Waals surface area contributed by atoms with Crippen LogP contribution < -0.4 is 16.2 Å². The summed E-state index contributed by atoms with van der Waals surface area (Å²) in [6, 6.07) is 9.02. The molecule has 1 aromatic carbocycles. The molecule has 3 N–H and O–H groups in total. The van der Waals surface area contributed by atoms with E-state index in [2.05, 4.69) is 20.1 Å². The van der Waals surface area contributed by atoms with E-state index in [1.165, 1.54) is 28.3 Å². The van der Waals surface area contributed by atoms with E-state index < -0.39 is 11.5 Å². The van der Waals surface area contributed by atoms with Crippen molar-refractivity contribution >= 4 is 11.6 Å². The fourth-order valence-electron chi connectivity index (χ4n) is 3.86. The number of rotatable bonds is 6. The number of nitrogen functional groups attached to an aromatic ring is 1. The minimum Gasteiger partial charge on any atom is -0.481 e. The van der Waals surface area contributed by atoms with Gasteiger partial charge in [0.15, 0.2) is 5.65 Å². The van der Waals surface area contributed by atoms with Crippen LogP contribution in [-0.4, -0.2) is 45.9 Å². The van der Waals surface area contributed by atoms with Gasteiger partial charge in [-0.15, -0.1) is 5.10 Å². The lowest BCUT2D eigenvalue weighted by Gasteiger charge is -2.13. The number of aliphatic hydroxyl groups is 1. The Morgan fingerprint density at radius 1 is 1.14 bits per heavy atom. The quantitative estimate of drug-likeness (QED) is 0.377. The predicted octanol–water partition coefficient (Wildman–Crippen LogP) is 1.62. The molecular formula is C23H21FN8O3. The maximum Gasteiger partial charge on any atom is 0.353 e. The molecule has 12 heteroatoms. The molecule has 0 atom stereocenters. The predicted molar refractivity (Wildman–Crippen MR) is 125 cm³/mol. The first-order chi connectivity index (χ1) is 16.9. The number of hydrogen-bond acceptors (Lipinski definition) is 8. The standard InChI is InChI=1S/C23H21FN8O3/c1-30-8-7-26-17(30)11-31-23(34)32-21(29-31)19(14-9-16(12-33)27-18(10-14)35-2)20(28-22(32)25)13-3-5-15(24)6-4-13/h3-10,33H,11-12H2,1-2H3,(H2,25,28). The zero-order valence-corrected chi connectivity index (χ0v) is 18.9. The molecule has 0 unspecified atom stereocenters. The Morgan fingerprint density at radius 3 is 2.57 bits per heavy atom. The van der Waals surface area contributed by atoms with Crippen molar-refractivity contribution in [3.63, 3.8) is 0 Å². The Bertz CT molecular complexity index is 1580. The van der Waals surface area contributed by atoms with Gasteiger partial charge in [0.2, 0.25) is 11.8 Å². The van der Waals surface area contributed by atoms with Gasteiger partial charge in [-0.05, 0) is 35.9 Å². The van der Waals surface area contributed by atoms with Crippen LogP contribution in [0.4, 0.5) is 10.3 Å². The molecule has 0 bridgehead atoms. The number of aryl methyl sites for hydroxylation is 1. The molecule has 0 aliphatic carbocycles. The molecule has 0 radical (unpaired) electrons. The molecule has 4 heterocycles. The van der Waals surface area contributed by atoms with Crippen LogP contribution in [0.5, 0.6) is 5.88 Å². The zero-order chi connectivity index (χ0) is 24.7.